The molecule has 0 amide bonds. The van der Waals surface area contributed by atoms with Gasteiger partial charge in [0.1, 0.15) is 0 Å². The normalized spacial score (nSPS) is 22.6. The van der Waals surface area contributed by atoms with Gasteiger partial charge in [-0.1, -0.05) is 48.9 Å². The Hall–Kier alpha value is -2.26. The maximum atomic E-state index is 5.50. The predicted molar refractivity (Wildman–Crippen MR) is 106 cm³/mol. The topological polar surface area (TPSA) is 21.7 Å². The van der Waals surface area contributed by atoms with Crippen LogP contribution in [0.2, 0.25) is 0 Å². The Morgan fingerprint density at radius 1 is 0.962 bits per heavy atom. The van der Waals surface area contributed by atoms with E-state index in [2.05, 4.69) is 53.4 Å². The third-order valence-electron chi connectivity index (χ3n) is 5.74. The van der Waals surface area contributed by atoms with Crippen LogP contribution in [0.4, 0.5) is 0 Å². The first-order valence-corrected chi connectivity index (χ1v) is 9.51. The molecule has 1 saturated heterocycles. The van der Waals surface area contributed by atoms with Crippen molar-refractivity contribution in [3.63, 3.8) is 0 Å². The fourth-order valence-electron chi connectivity index (χ4n) is 4.41. The van der Waals surface area contributed by atoms with E-state index in [-0.39, 0.29) is 0 Å². The van der Waals surface area contributed by atoms with Crippen molar-refractivity contribution >= 4 is 5.57 Å². The van der Waals surface area contributed by atoms with E-state index in [1.165, 1.54) is 36.0 Å². The zero-order valence-corrected chi connectivity index (χ0v) is 15.7. The molecule has 3 heteroatoms. The van der Waals surface area contributed by atoms with Gasteiger partial charge in [-0.25, -0.2) is 0 Å². The molecule has 4 rings (SSSR count). The predicted octanol–water partition coefficient (Wildman–Crippen LogP) is 4.91. The monoisotopic (exact) mass is 349 g/mol. The molecule has 0 saturated carbocycles. The summed E-state index contributed by atoms with van der Waals surface area (Å²) in [5.41, 5.74) is 4.12. The highest BCUT2D eigenvalue weighted by atomic mass is 16.5. The second-order valence-corrected chi connectivity index (χ2v) is 7.28. The van der Waals surface area contributed by atoms with Crippen LogP contribution in [0.25, 0.3) is 5.57 Å². The number of rotatable bonds is 5. The minimum Gasteiger partial charge on any atom is -0.493 e. The summed E-state index contributed by atoms with van der Waals surface area (Å²) in [5, 5.41) is 0. The van der Waals surface area contributed by atoms with Gasteiger partial charge in [0.25, 0.3) is 0 Å². The summed E-state index contributed by atoms with van der Waals surface area (Å²) in [6, 6.07) is 18.3. The molecule has 0 aromatic heterocycles. The molecule has 2 bridgehead atoms. The molecular weight excluding hydrogens is 322 g/mol. The lowest BCUT2D eigenvalue weighted by atomic mass is 9.82. The molecule has 2 atom stereocenters. The van der Waals surface area contributed by atoms with E-state index < -0.39 is 0 Å². The molecule has 136 valence electrons. The van der Waals surface area contributed by atoms with Crippen LogP contribution in [0, 0.1) is 0 Å². The van der Waals surface area contributed by atoms with Crippen LogP contribution in [-0.2, 0) is 6.54 Å². The average molecular weight is 349 g/mol. The highest BCUT2D eigenvalue weighted by Crippen LogP contribution is 2.39. The lowest BCUT2D eigenvalue weighted by molar-refractivity contribution is 0.0951. The molecule has 0 spiro atoms. The van der Waals surface area contributed by atoms with Crippen molar-refractivity contribution in [2.75, 3.05) is 14.2 Å². The largest absolute Gasteiger partial charge is 0.493 e. The summed E-state index contributed by atoms with van der Waals surface area (Å²) in [4.78, 5) is 2.70. The highest BCUT2D eigenvalue weighted by molar-refractivity contribution is 5.70. The Kier molecular flexibility index (Phi) is 4.98. The van der Waals surface area contributed by atoms with Gasteiger partial charge in [-0.15, -0.1) is 0 Å². The van der Waals surface area contributed by atoms with Crippen LogP contribution in [0.15, 0.2) is 54.6 Å². The van der Waals surface area contributed by atoms with Crippen molar-refractivity contribution in [3.05, 3.63) is 65.7 Å². The lowest BCUT2D eigenvalue weighted by Crippen LogP contribution is -2.47. The molecule has 0 aliphatic carbocycles. The van der Waals surface area contributed by atoms with E-state index in [9.17, 15) is 0 Å². The zero-order chi connectivity index (χ0) is 17.9. The maximum absolute atomic E-state index is 5.50. The van der Waals surface area contributed by atoms with Crippen LogP contribution >= 0.6 is 0 Å². The van der Waals surface area contributed by atoms with E-state index in [4.69, 9.17) is 9.47 Å². The van der Waals surface area contributed by atoms with Crippen LogP contribution in [0.1, 0.15) is 36.8 Å². The van der Waals surface area contributed by atoms with Gasteiger partial charge in [-0.2, -0.15) is 0 Å². The molecule has 26 heavy (non-hydrogen) atoms. The summed E-state index contributed by atoms with van der Waals surface area (Å²) < 4.78 is 10.9. The summed E-state index contributed by atoms with van der Waals surface area (Å²) in [5.74, 6) is 1.60. The van der Waals surface area contributed by atoms with E-state index in [1.807, 2.05) is 6.07 Å². The fraction of sp³-hybridized carbons (Fsp3) is 0.391. The Morgan fingerprint density at radius 3 is 2.50 bits per heavy atom. The smallest absolute Gasteiger partial charge is 0.161 e. The van der Waals surface area contributed by atoms with Gasteiger partial charge in [0.05, 0.1) is 14.2 Å². The molecule has 1 fully saturated rings. The molecule has 0 radical (unpaired) electrons. The maximum Gasteiger partial charge on any atom is 0.161 e. The van der Waals surface area contributed by atoms with Crippen molar-refractivity contribution in [3.8, 4) is 11.5 Å². The van der Waals surface area contributed by atoms with Gasteiger partial charge in [-0.05, 0) is 48.1 Å². The molecule has 3 nitrogen and oxygen atoms in total. The van der Waals surface area contributed by atoms with E-state index >= 15 is 0 Å². The molecule has 0 N–H and O–H groups in total. The summed E-state index contributed by atoms with van der Waals surface area (Å²) in [6.07, 6.45) is 7.46. The van der Waals surface area contributed by atoms with Gasteiger partial charge in [0, 0.05) is 18.6 Å². The standard InChI is InChI=1S/C23H27NO2/c1-25-22-12-11-18(15-23(22)26-2)19-13-20-9-6-10-21(14-19)24(20)16-17-7-4-3-5-8-17/h3-5,7-8,11-13,15,20-21H,6,9-10,14,16H2,1-2H3. The fourth-order valence-corrected chi connectivity index (χ4v) is 4.41. The first-order valence-electron chi connectivity index (χ1n) is 9.51. The zero-order valence-electron chi connectivity index (χ0n) is 15.7. The first kappa shape index (κ1) is 17.2. The number of methoxy groups -OCH3 is 2. The number of hydrogen-bond acceptors (Lipinski definition) is 3. The Labute approximate surface area is 156 Å². The lowest BCUT2D eigenvalue weighted by Gasteiger charge is -2.45. The molecular formula is C23H27NO2. The average Bonchev–Trinajstić information content (AvgIpc) is 2.68. The van der Waals surface area contributed by atoms with Crippen molar-refractivity contribution in [2.45, 2.75) is 44.3 Å². The van der Waals surface area contributed by atoms with Gasteiger partial charge < -0.3 is 9.47 Å². The van der Waals surface area contributed by atoms with Crippen molar-refractivity contribution in [1.29, 1.82) is 0 Å². The minimum absolute atomic E-state index is 0.533. The van der Waals surface area contributed by atoms with E-state index in [1.54, 1.807) is 14.2 Å². The van der Waals surface area contributed by atoms with Crippen LogP contribution in [0.5, 0.6) is 11.5 Å². The number of nitrogens with zero attached hydrogens (tertiary/aromatic N) is 1. The third-order valence-corrected chi connectivity index (χ3v) is 5.74. The number of benzene rings is 2. The summed E-state index contributed by atoms with van der Waals surface area (Å²) in [6.45, 7) is 1.05. The third kappa shape index (κ3) is 3.36. The van der Waals surface area contributed by atoms with E-state index in [0.717, 1.165) is 24.5 Å². The first-order chi connectivity index (χ1) is 12.8. The second-order valence-electron chi connectivity index (χ2n) is 7.28. The van der Waals surface area contributed by atoms with Gasteiger partial charge in [0.15, 0.2) is 11.5 Å². The molecule has 2 aromatic carbocycles. The van der Waals surface area contributed by atoms with Crippen molar-refractivity contribution in [1.82, 2.24) is 4.90 Å². The van der Waals surface area contributed by atoms with Crippen molar-refractivity contribution in [2.24, 2.45) is 0 Å². The van der Waals surface area contributed by atoms with Crippen molar-refractivity contribution < 1.29 is 9.47 Å². The van der Waals surface area contributed by atoms with Crippen LogP contribution in [-0.4, -0.2) is 31.2 Å². The van der Waals surface area contributed by atoms with Gasteiger partial charge in [0.2, 0.25) is 0 Å². The van der Waals surface area contributed by atoms with Gasteiger partial charge >= 0.3 is 0 Å². The Bertz CT molecular complexity index is 784. The molecule has 2 unspecified atom stereocenters. The number of fused-ring (bicyclic) bond motifs is 2. The number of piperidine rings is 1. The molecule has 2 aliphatic heterocycles. The Morgan fingerprint density at radius 2 is 1.77 bits per heavy atom. The van der Waals surface area contributed by atoms with E-state index in [0.29, 0.717) is 12.1 Å². The molecule has 2 aliphatic rings. The van der Waals surface area contributed by atoms with Crippen LogP contribution < -0.4 is 9.47 Å². The SMILES string of the molecule is COc1ccc(C2=CC3CCCC(C2)N3Cc2ccccc2)cc1OC. The number of ether oxygens (including phenoxy) is 2. The summed E-state index contributed by atoms with van der Waals surface area (Å²) >= 11 is 0. The minimum atomic E-state index is 0.533. The highest BCUT2D eigenvalue weighted by Gasteiger charge is 2.34. The quantitative estimate of drug-likeness (QED) is 0.765. The van der Waals surface area contributed by atoms with Crippen LogP contribution in [0.3, 0.4) is 0 Å². The Balaban J connectivity index is 1.60. The molecule has 2 aromatic rings. The molecule has 2 heterocycles. The second kappa shape index (κ2) is 7.55. The summed E-state index contributed by atoms with van der Waals surface area (Å²) in [7, 11) is 3.39. The number of hydrogen-bond donors (Lipinski definition) is 0. The van der Waals surface area contributed by atoms with Gasteiger partial charge in [-0.3, -0.25) is 4.90 Å².